The first kappa shape index (κ1) is 18.4. The first-order valence-electron chi connectivity index (χ1n) is 10.2. The van der Waals surface area contributed by atoms with Crippen LogP contribution in [0.1, 0.15) is 6.42 Å². The van der Waals surface area contributed by atoms with Crippen molar-refractivity contribution >= 4 is 39.5 Å². The second kappa shape index (κ2) is 8.02. The Kier molecular flexibility index (Phi) is 4.93. The zero-order chi connectivity index (χ0) is 20.3. The maximum absolute atomic E-state index is 12.6. The number of carbonyl (C=O) groups is 1. The van der Waals surface area contributed by atoms with E-state index < -0.39 is 0 Å². The molecule has 30 heavy (non-hydrogen) atoms. The molecule has 152 valence electrons. The number of nitrogens with one attached hydrogen (secondary N) is 1. The summed E-state index contributed by atoms with van der Waals surface area (Å²) in [5, 5.41) is 4.21. The van der Waals surface area contributed by atoms with E-state index in [1.807, 2.05) is 47.4 Å². The van der Waals surface area contributed by atoms with Crippen molar-refractivity contribution < 1.29 is 9.21 Å². The molecule has 1 N–H and O–H groups in total. The number of piperazine rings is 1. The summed E-state index contributed by atoms with van der Waals surface area (Å²) in [7, 11) is 0. The second-order valence-corrected chi connectivity index (χ2v) is 7.38. The number of benzene rings is 2. The van der Waals surface area contributed by atoms with Gasteiger partial charge in [-0.2, -0.15) is 0 Å². The second-order valence-electron chi connectivity index (χ2n) is 7.38. The van der Waals surface area contributed by atoms with Crippen LogP contribution in [0, 0.1) is 0 Å². The van der Waals surface area contributed by atoms with Gasteiger partial charge in [-0.15, -0.1) is 0 Å². The minimum Gasteiger partial charge on any atom is -0.450 e. The van der Waals surface area contributed by atoms with Crippen LogP contribution in [0.25, 0.3) is 22.1 Å². The fourth-order valence-electron chi connectivity index (χ4n) is 3.95. The zero-order valence-electron chi connectivity index (χ0n) is 16.6. The Morgan fingerprint density at radius 3 is 2.57 bits per heavy atom. The van der Waals surface area contributed by atoms with Gasteiger partial charge in [-0.1, -0.05) is 30.3 Å². The van der Waals surface area contributed by atoms with E-state index in [0.29, 0.717) is 24.4 Å². The van der Waals surface area contributed by atoms with Crippen molar-refractivity contribution in [3.05, 3.63) is 60.9 Å². The minimum atomic E-state index is 0.158. The molecule has 2 aromatic carbocycles. The lowest BCUT2D eigenvalue weighted by molar-refractivity contribution is -0.131. The lowest BCUT2D eigenvalue weighted by atomic mass is 10.2. The molecule has 7 heteroatoms. The van der Waals surface area contributed by atoms with Crippen molar-refractivity contribution in [1.82, 2.24) is 14.9 Å². The highest BCUT2D eigenvalue weighted by molar-refractivity contribution is 6.05. The molecule has 4 aromatic rings. The van der Waals surface area contributed by atoms with Crippen LogP contribution in [0.3, 0.4) is 0 Å². The van der Waals surface area contributed by atoms with E-state index >= 15 is 0 Å². The summed E-state index contributed by atoms with van der Waals surface area (Å²) in [5.74, 6) is 0.781. The molecular formula is C23H23N5O2. The summed E-state index contributed by atoms with van der Waals surface area (Å²) < 4.78 is 5.92. The van der Waals surface area contributed by atoms with Crippen molar-refractivity contribution in [1.29, 1.82) is 0 Å². The molecule has 1 amide bonds. The van der Waals surface area contributed by atoms with Gasteiger partial charge in [0.2, 0.25) is 5.91 Å². The molecule has 0 radical (unpaired) electrons. The van der Waals surface area contributed by atoms with Gasteiger partial charge in [0.05, 0.1) is 0 Å². The van der Waals surface area contributed by atoms with Gasteiger partial charge in [0.15, 0.2) is 11.4 Å². The molecule has 0 spiro atoms. The third-order valence-corrected chi connectivity index (χ3v) is 5.54. The molecule has 1 fully saturated rings. The van der Waals surface area contributed by atoms with E-state index in [1.54, 1.807) is 0 Å². The number of rotatable bonds is 5. The molecule has 7 nitrogen and oxygen atoms in total. The Hall–Kier alpha value is -3.61. The number of anilines is 2. The standard InChI is InChI=1S/C23H23N5O2/c29-20(28-14-12-27(13-15-28)17-6-2-1-3-7-17)10-11-24-23-22-21(25-16-26-23)18-8-4-5-9-19(18)30-22/h1-9,16H,10-15H2,(H,24,25,26). The number of hydrogen-bond acceptors (Lipinski definition) is 6. The van der Waals surface area contributed by atoms with Crippen molar-refractivity contribution in [3.63, 3.8) is 0 Å². The van der Waals surface area contributed by atoms with Crippen molar-refractivity contribution in [2.24, 2.45) is 0 Å². The fourth-order valence-corrected chi connectivity index (χ4v) is 3.95. The summed E-state index contributed by atoms with van der Waals surface area (Å²) in [6, 6.07) is 18.1. The zero-order valence-corrected chi connectivity index (χ0v) is 16.6. The first-order valence-corrected chi connectivity index (χ1v) is 10.2. The van der Waals surface area contributed by atoms with Gasteiger partial charge in [0.25, 0.3) is 0 Å². The normalized spacial score (nSPS) is 14.4. The molecule has 0 aliphatic carbocycles. The summed E-state index contributed by atoms with van der Waals surface area (Å²) >= 11 is 0. The van der Waals surface area contributed by atoms with Crippen LogP contribution in [0.4, 0.5) is 11.5 Å². The molecule has 2 aromatic heterocycles. The van der Waals surface area contributed by atoms with E-state index in [-0.39, 0.29) is 5.91 Å². The summed E-state index contributed by atoms with van der Waals surface area (Å²) in [4.78, 5) is 25.6. The molecule has 1 aliphatic rings. The average Bonchev–Trinajstić information content (AvgIpc) is 3.19. The van der Waals surface area contributed by atoms with Gasteiger partial charge in [0.1, 0.15) is 17.4 Å². The first-order chi connectivity index (χ1) is 14.8. The number of hydrogen-bond donors (Lipinski definition) is 1. The number of aromatic nitrogens is 2. The highest BCUT2D eigenvalue weighted by Gasteiger charge is 2.21. The summed E-state index contributed by atoms with van der Waals surface area (Å²) in [6.07, 6.45) is 1.94. The van der Waals surface area contributed by atoms with Crippen molar-refractivity contribution in [2.45, 2.75) is 6.42 Å². The lowest BCUT2D eigenvalue weighted by Gasteiger charge is -2.36. The summed E-state index contributed by atoms with van der Waals surface area (Å²) in [5.41, 5.74) is 3.40. The highest BCUT2D eigenvalue weighted by atomic mass is 16.3. The van der Waals surface area contributed by atoms with Gasteiger partial charge >= 0.3 is 0 Å². The van der Waals surface area contributed by atoms with Crippen LogP contribution in [0.15, 0.2) is 65.3 Å². The molecule has 0 unspecified atom stereocenters. The Morgan fingerprint density at radius 2 is 1.73 bits per heavy atom. The largest absolute Gasteiger partial charge is 0.450 e. The summed E-state index contributed by atoms with van der Waals surface area (Å²) in [6.45, 7) is 3.70. The highest BCUT2D eigenvalue weighted by Crippen LogP contribution is 2.30. The molecule has 3 heterocycles. The average molecular weight is 401 g/mol. The maximum atomic E-state index is 12.6. The van der Waals surface area contributed by atoms with Crippen LogP contribution in [-0.2, 0) is 4.79 Å². The van der Waals surface area contributed by atoms with Crippen molar-refractivity contribution in [3.8, 4) is 0 Å². The number of carbonyl (C=O) groups excluding carboxylic acids is 1. The molecule has 0 atom stereocenters. The molecular weight excluding hydrogens is 378 g/mol. The van der Waals surface area contributed by atoms with Crippen LogP contribution in [0.5, 0.6) is 0 Å². The topological polar surface area (TPSA) is 74.5 Å². The van der Waals surface area contributed by atoms with Crippen LogP contribution in [-0.4, -0.2) is 53.5 Å². The van der Waals surface area contributed by atoms with Gasteiger partial charge in [0, 0.05) is 50.2 Å². The predicted molar refractivity (Wildman–Crippen MR) is 118 cm³/mol. The van der Waals surface area contributed by atoms with E-state index in [2.05, 4.69) is 32.3 Å². The Balaban J connectivity index is 1.18. The molecule has 0 saturated carbocycles. The van der Waals surface area contributed by atoms with E-state index in [4.69, 9.17) is 4.42 Å². The van der Waals surface area contributed by atoms with E-state index in [9.17, 15) is 4.79 Å². The molecule has 0 bridgehead atoms. The molecule has 1 aliphatic heterocycles. The number of fused-ring (bicyclic) bond motifs is 3. The Bertz CT molecular complexity index is 1170. The lowest BCUT2D eigenvalue weighted by Crippen LogP contribution is -2.49. The van der Waals surface area contributed by atoms with Crippen LogP contribution >= 0.6 is 0 Å². The van der Waals surface area contributed by atoms with E-state index in [1.165, 1.54) is 12.0 Å². The van der Waals surface area contributed by atoms with E-state index in [0.717, 1.165) is 42.7 Å². The van der Waals surface area contributed by atoms with Gasteiger partial charge < -0.3 is 19.5 Å². The maximum Gasteiger partial charge on any atom is 0.224 e. The number of furan rings is 1. The third-order valence-electron chi connectivity index (χ3n) is 5.54. The Labute approximate surface area is 174 Å². The van der Waals surface area contributed by atoms with Gasteiger partial charge in [-0.25, -0.2) is 9.97 Å². The SMILES string of the molecule is O=C(CCNc1ncnc2c1oc1ccccc12)N1CCN(c2ccccc2)CC1. The number of para-hydroxylation sites is 2. The van der Waals surface area contributed by atoms with Crippen molar-refractivity contribution in [2.75, 3.05) is 42.9 Å². The predicted octanol–water partition coefficient (Wildman–Crippen LogP) is 3.53. The molecule has 1 saturated heterocycles. The number of nitrogens with zero attached hydrogens (tertiary/aromatic N) is 4. The van der Waals surface area contributed by atoms with Crippen LogP contribution < -0.4 is 10.2 Å². The smallest absolute Gasteiger partial charge is 0.224 e. The third kappa shape index (κ3) is 3.54. The van der Waals surface area contributed by atoms with Gasteiger partial charge in [-0.05, 0) is 24.3 Å². The van der Waals surface area contributed by atoms with Gasteiger partial charge in [-0.3, -0.25) is 4.79 Å². The number of amides is 1. The fraction of sp³-hybridized carbons (Fsp3) is 0.261. The quantitative estimate of drug-likeness (QED) is 0.552. The molecule has 5 rings (SSSR count). The van der Waals surface area contributed by atoms with Crippen LogP contribution in [0.2, 0.25) is 0 Å². The monoisotopic (exact) mass is 401 g/mol. The Morgan fingerprint density at radius 1 is 0.967 bits per heavy atom. The minimum absolute atomic E-state index is 0.158.